The average Bonchev–Trinajstić information content (AvgIpc) is 2.72. The lowest BCUT2D eigenvalue weighted by Crippen LogP contribution is -2.28. The third-order valence-electron chi connectivity index (χ3n) is 4.11. The lowest BCUT2D eigenvalue weighted by atomic mass is 10.1. The van der Waals surface area contributed by atoms with Crippen LogP contribution >= 0.6 is 0 Å². The zero-order valence-electron chi connectivity index (χ0n) is 15.4. The Kier molecular flexibility index (Phi) is 6.39. The first-order valence-electron chi connectivity index (χ1n) is 8.88. The summed E-state index contributed by atoms with van der Waals surface area (Å²) in [4.78, 5) is 12.2. The molecular weight excluding hydrogens is 381 g/mol. The quantitative estimate of drug-likeness (QED) is 0.565. The maximum atomic E-state index is 12.8. The fourth-order valence-corrected chi connectivity index (χ4v) is 2.65. The largest absolute Gasteiger partial charge is 0.489 e. The third kappa shape index (κ3) is 6.00. The van der Waals surface area contributed by atoms with E-state index in [0.717, 1.165) is 17.7 Å². The molecule has 3 aromatic carbocycles. The fraction of sp³-hybridized carbons (Fsp3) is 0.136. The van der Waals surface area contributed by atoms with Crippen molar-refractivity contribution in [2.45, 2.75) is 19.3 Å². The van der Waals surface area contributed by atoms with Gasteiger partial charge in [-0.25, -0.2) is 4.79 Å². The minimum absolute atomic E-state index is 0.0293. The highest BCUT2D eigenvalue weighted by Gasteiger charge is 2.30. The van der Waals surface area contributed by atoms with Gasteiger partial charge in [0.25, 0.3) is 0 Å². The summed E-state index contributed by atoms with van der Waals surface area (Å²) in [5.41, 5.74) is 0.937. The fourth-order valence-electron chi connectivity index (χ4n) is 2.65. The van der Waals surface area contributed by atoms with Gasteiger partial charge in [-0.1, -0.05) is 48.5 Å². The molecule has 0 aliphatic rings. The summed E-state index contributed by atoms with van der Waals surface area (Å²) in [6.45, 7) is 0.229. The first-order chi connectivity index (χ1) is 13.9. The summed E-state index contributed by atoms with van der Waals surface area (Å²) >= 11 is 0. The van der Waals surface area contributed by atoms with Gasteiger partial charge in [0.15, 0.2) is 0 Å². The number of rotatable bonds is 6. The number of anilines is 1. The van der Waals surface area contributed by atoms with Crippen LogP contribution in [0.4, 0.5) is 23.7 Å². The number of benzene rings is 3. The van der Waals surface area contributed by atoms with E-state index in [9.17, 15) is 18.0 Å². The zero-order valence-corrected chi connectivity index (χ0v) is 15.4. The third-order valence-corrected chi connectivity index (χ3v) is 4.11. The predicted molar refractivity (Wildman–Crippen MR) is 105 cm³/mol. The topological polar surface area (TPSA) is 50.4 Å². The van der Waals surface area contributed by atoms with Gasteiger partial charge in [0.1, 0.15) is 12.4 Å². The van der Waals surface area contributed by atoms with Crippen molar-refractivity contribution < 1.29 is 22.7 Å². The molecule has 0 spiro atoms. The highest BCUT2D eigenvalue weighted by molar-refractivity contribution is 5.90. The summed E-state index contributed by atoms with van der Waals surface area (Å²) in [5.74, 6) is 0.705. The summed E-state index contributed by atoms with van der Waals surface area (Å²) in [7, 11) is 0. The second-order valence-corrected chi connectivity index (χ2v) is 6.26. The molecule has 0 saturated carbocycles. The average molecular weight is 400 g/mol. The Labute approximate surface area is 166 Å². The Balaban J connectivity index is 1.58. The van der Waals surface area contributed by atoms with Crippen LogP contribution in [0.3, 0.4) is 0 Å². The number of ether oxygens (including phenoxy) is 1. The van der Waals surface area contributed by atoms with Gasteiger partial charge in [-0.3, -0.25) is 0 Å². The van der Waals surface area contributed by atoms with Gasteiger partial charge in [0.2, 0.25) is 0 Å². The van der Waals surface area contributed by atoms with E-state index < -0.39 is 17.8 Å². The molecule has 2 amide bonds. The number of para-hydroxylation sites is 2. The Morgan fingerprint density at radius 3 is 2.38 bits per heavy atom. The van der Waals surface area contributed by atoms with Crippen molar-refractivity contribution in [1.29, 1.82) is 0 Å². The predicted octanol–water partition coefficient (Wildman–Crippen LogP) is 5.61. The Bertz CT molecular complexity index is 960. The van der Waals surface area contributed by atoms with Crippen LogP contribution < -0.4 is 15.4 Å². The first-order valence-corrected chi connectivity index (χ1v) is 8.88. The van der Waals surface area contributed by atoms with Crippen molar-refractivity contribution >= 4 is 11.7 Å². The van der Waals surface area contributed by atoms with Crippen molar-refractivity contribution in [2.75, 3.05) is 5.32 Å². The molecule has 0 heterocycles. The van der Waals surface area contributed by atoms with Gasteiger partial charge in [-0.05, 0) is 35.9 Å². The second kappa shape index (κ2) is 9.14. The molecule has 29 heavy (non-hydrogen) atoms. The summed E-state index contributed by atoms with van der Waals surface area (Å²) in [5, 5.41) is 5.28. The summed E-state index contributed by atoms with van der Waals surface area (Å²) in [6, 6.07) is 20.8. The highest BCUT2D eigenvalue weighted by atomic mass is 19.4. The number of halogens is 3. The van der Waals surface area contributed by atoms with E-state index in [4.69, 9.17) is 4.74 Å². The maximum absolute atomic E-state index is 12.8. The second-order valence-electron chi connectivity index (χ2n) is 6.26. The molecule has 0 atom stereocenters. The smallest absolute Gasteiger partial charge is 0.416 e. The molecule has 3 rings (SSSR count). The molecule has 0 aliphatic carbocycles. The molecule has 0 unspecified atom stereocenters. The molecule has 0 aromatic heterocycles. The number of hydrogen-bond acceptors (Lipinski definition) is 2. The SMILES string of the molecule is O=C(NCc1cccc(C(F)(F)F)c1)Nc1ccccc1COc1ccccc1. The van der Waals surface area contributed by atoms with Crippen LogP contribution in [-0.4, -0.2) is 6.03 Å². The molecule has 4 nitrogen and oxygen atoms in total. The molecule has 0 aliphatic heterocycles. The molecule has 2 N–H and O–H groups in total. The van der Waals surface area contributed by atoms with E-state index in [1.165, 1.54) is 12.1 Å². The molecule has 0 saturated heterocycles. The number of carbonyl (C=O) groups excluding carboxylic acids is 1. The number of nitrogens with one attached hydrogen (secondary N) is 2. The van der Waals surface area contributed by atoms with Gasteiger partial charge >= 0.3 is 12.2 Å². The van der Waals surface area contributed by atoms with Crippen LogP contribution in [0.1, 0.15) is 16.7 Å². The van der Waals surface area contributed by atoms with Crippen molar-refractivity contribution in [3.63, 3.8) is 0 Å². The monoisotopic (exact) mass is 400 g/mol. The molecular formula is C22H19F3N2O2. The number of carbonyl (C=O) groups is 1. The van der Waals surface area contributed by atoms with Crippen LogP contribution in [0, 0.1) is 0 Å². The zero-order chi connectivity index (χ0) is 20.7. The normalized spacial score (nSPS) is 11.0. The van der Waals surface area contributed by atoms with Crippen LogP contribution in [0.2, 0.25) is 0 Å². The van der Waals surface area contributed by atoms with Crippen LogP contribution in [0.15, 0.2) is 78.9 Å². The lowest BCUT2D eigenvalue weighted by molar-refractivity contribution is -0.137. The summed E-state index contributed by atoms with van der Waals surface area (Å²) < 4.78 is 44.1. The van der Waals surface area contributed by atoms with Crippen molar-refractivity contribution in [2.24, 2.45) is 0 Å². The molecule has 150 valence electrons. The van der Waals surface area contributed by atoms with Gasteiger partial charge in [0.05, 0.1) is 5.56 Å². The Hall–Kier alpha value is -3.48. The minimum atomic E-state index is -4.42. The number of alkyl halides is 3. The van der Waals surface area contributed by atoms with Gasteiger partial charge < -0.3 is 15.4 Å². The van der Waals surface area contributed by atoms with Crippen LogP contribution in [0.5, 0.6) is 5.75 Å². The number of urea groups is 1. The van der Waals surface area contributed by atoms with Crippen LogP contribution in [-0.2, 0) is 19.3 Å². The standard InChI is InChI=1S/C22H19F3N2O2/c23-22(24,25)18-9-6-7-16(13-18)14-26-21(28)27-20-12-5-4-8-17(20)15-29-19-10-2-1-3-11-19/h1-13H,14-15H2,(H2,26,27,28). The van der Waals surface area contributed by atoms with Gasteiger partial charge in [-0.2, -0.15) is 13.2 Å². The number of amides is 2. The molecule has 0 bridgehead atoms. The molecule has 0 fully saturated rings. The van der Waals surface area contributed by atoms with Crippen molar-refractivity contribution in [3.05, 3.63) is 95.6 Å². The maximum Gasteiger partial charge on any atom is 0.416 e. The highest BCUT2D eigenvalue weighted by Crippen LogP contribution is 2.29. The molecule has 3 aromatic rings. The van der Waals surface area contributed by atoms with E-state index >= 15 is 0 Å². The molecule has 0 radical (unpaired) electrons. The van der Waals surface area contributed by atoms with E-state index in [2.05, 4.69) is 10.6 Å². The Morgan fingerprint density at radius 1 is 0.897 bits per heavy atom. The van der Waals surface area contributed by atoms with Crippen LogP contribution in [0.25, 0.3) is 0 Å². The first kappa shape index (κ1) is 20.3. The lowest BCUT2D eigenvalue weighted by Gasteiger charge is -2.13. The van der Waals surface area contributed by atoms with Crippen molar-refractivity contribution in [3.8, 4) is 5.75 Å². The van der Waals surface area contributed by atoms with E-state index in [1.54, 1.807) is 12.1 Å². The molecule has 7 heteroatoms. The van der Waals surface area contributed by atoms with E-state index in [0.29, 0.717) is 17.0 Å². The van der Waals surface area contributed by atoms with E-state index in [1.807, 2.05) is 42.5 Å². The summed E-state index contributed by atoms with van der Waals surface area (Å²) in [6.07, 6.45) is -4.42. The minimum Gasteiger partial charge on any atom is -0.489 e. The van der Waals surface area contributed by atoms with Gasteiger partial charge in [-0.15, -0.1) is 0 Å². The van der Waals surface area contributed by atoms with Crippen molar-refractivity contribution in [1.82, 2.24) is 5.32 Å². The van der Waals surface area contributed by atoms with Gasteiger partial charge in [0, 0.05) is 17.8 Å². The van der Waals surface area contributed by atoms with E-state index in [-0.39, 0.29) is 13.2 Å². The Morgan fingerprint density at radius 2 is 1.62 bits per heavy atom. The number of hydrogen-bond donors (Lipinski definition) is 2.